The van der Waals surface area contributed by atoms with E-state index in [0.717, 1.165) is 27.1 Å². The van der Waals surface area contributed by atoms with Crippen molar-refractivity contribution in [1.82, 2.24) is 0 Å². The summed E-state index contributed by atoms with van der Waals surface area (Å²) in [6, 6.07) is 16.7. The first-order valence-electron chi connectivity index (χ1n) is 6.89. The lowest BCUT2D eigenvalue weighted by Crippen LogP contribution is -2.01. The first-order valence-corrected chi connectivity index (χ1v) is 6.89. The Kier molecular flexibility index (Phi) is 3.44. The highest BCUT2D eigenvalue weighted by Gasteiger charge is 2.09. The Balaban J connectivity index is 2.25. The van der Waals surface area contributed by atoms with Gasteiger partial charge in [0.2, 0.25) is 0 Å². The standard InChI is InChI=1S/C19H16O2/c1-3-19(20)21-12-18-16-7-5-4-6-14(16)11-15-9-8-13(2)10-17(15)18/h3-11H,1,12H2,2H3. The molecular weight excluding hydrogens is 260 g/mol. The molecule has 0 radical (unpaired) electrons. The van der Waals surface area contributed by atoms with E-state index in [0.29, 0.717) is 0 Å². The monoisotopic (exact) mass is 276 g/mol. The molecule has 0 unspecified atom stereocenters. The normalized spacial score (nSPS) is 10.7. The lowest BCUT2D eigenvalue weighted by atomic mass is 9.96. The molecule has 3 aromatic carbocycles. The van der Waals surface area contributed by atoms with Crippen LogP contribution in [0.5, 0.6) is 0 Å². The Morgan fingerprint density at radius 1 is 1.10 bits per heavy atom. The van der Waals surface area contributed by atoms with E-state index >= 15 is 0 Å². The summed E-state index contributed by atoms with van der Waals surface area (Å²) in [5, 5.41) is 4.56. The summed E-state index contributed by atoms with van der Waals surface area (Å²) in [6.07, 6.45) is 1.19. The van der Waals surface area contributed by atoms with Gasteiger partial charge in [0, 0.05) is 11.6 Å². The molecule has 0 aliphatic carbocycles. The molecule has 0 spiro atoms. The Morgan fingerprint density at radius 2 is 1.86 bits per heavy atom. The molecule has 0 N–H and O–H groups in total. The largest absolute Gasteiger partial charge is 0.458 e. The molecule has 3 rings (SSSR count). The number of benzene rings is 3. The zero-order chi connectivity index (χ0) is 14.8. The van der Waals surface area contributed by atoms with E-state index in [9.17, 15) is 4.79 Å². The van der Waals surface area contributed by atoms with Gasteiger partial charge in [-0.25, -0.2) is 4.79 Å². The summed E-state index contributed by atoms with van der Waals surface area (Å²) in [6.45, 7) is 5.76. The highest BCUT2D eigenvalue weighted by Crippen LogP contribution is 2.29. The molecule has 104 valence electrons. The molecule has 0 saturated heterocycles. The highest BCUT2D eigenvalue weighted by molar-refractivity contribution is 6.02. The highest BCUT2D eigenvalue weighted by atomic mass is 16.5. The van der Waals surface area contributed by atoms with Crippen LogP contribution in [0.25, 0.3) is 21.5 Å². The van der Waals surface area contributed by atoms with Gasteiger partial charge >= 0.3 is 5.97 Å². The van der Waals surface area contributed by atoms with E-state index in [2.05, 4.69) is 49.9 Å². The fourth-order valence-electron chi connectivity index (χ4n) is 2.63. The van der Waals surface area contributed by atoms with Gasteiger partial charge in [-0.1, -0.05) is 54.6 Å². The number of ether oxygens (including phenoxy) is 1. The summed E-state index contributed by atoms with van der Waals surface area (Å²) in [5.41, 5.74) is 2.23. The summed E-state index contributed by atoms with van der Waals surface area (Å²) < 4.78 is 5.28. The maximum Gasteiger partial charge on any atom is 0.330 e. The van der Waals surface area contributed by atoms with E-state index in [1.54, 1.807) is 0 Å². The summed E-state index contributed by atoms with van der Waals surface area (Å²) in [4.78, 5) is 11.4. The van der Waals surface area contributed by atoms with Crippen molar-refractivity contribution in [3.05, 3.63) is 72.3 Å². The molecular formula is C19H16O2. The van der Waals surface area contributed by atoms with Crippen molar-refractivity contribution in [3.8, 4) is 0 Å². The number of aryl methyl sites for hydroxylation is 1. The molecule has 0 fully saturated rings. The maximum atomic E-state index is 11.4. The minimum atomic E-state index is -0.399. The van der Waals surface area contributed by atoms with Crippen LogP contribution >= 0.6 is 0 Å². The van der Waals surface area contributed by atoms with Gasteiger partial charge in [-0.3, -0.25) is 0 Å². The van der Waals surface area contributed by atoms with E-state index in [1.165, 1.54) is 11.6 Å². The van der Waals surface area contributed by atoms with E-state index in [1.807, 2.05) is 12.1 Å². The van der Waals surface area contributed by atoms with Crippen molar-refractivity contribution >= 4 is 27.5 Å². The van der Waals surface area contributed by atoms with Gasteiger partial charge in [-0.2, -0.15) is 0 Å². The first-order chi connectivity index (χ1) is 10.2. The third-order valence-electron chi connectivity index (χ3n) is 3.66. The second kappa shape index (κ2) is 5.41. The zero-order valence-corrected chi connectivity index (χ0v) is 11.9. The van der Waals surface area contributed by atoms with Crippen LogP contribution in [0.15, 0.2) is 61.2 Å². The molecule has 3 aromatic rings. The Labute approximate surface area is 123 Å². The second-order valence-electron chi connectivity index (χ2n) is 5.11. The fourth-order valence-corrected chi connectivity index (χ4v) is 2.63. The maximum absolute atomic E-state index is 11.4. The molecule has 0 amide bonds. The first kappa shape index (κ1) is 13.4. The lowest BCUT2D eigenvalue weighted by Gasteiger charge is -2.12. The lowest BCUT2D eigenvalue weighted by molar-refractivity contribution is -0.138. The summed E-state index contributed by atoms with van der Waals surface area (Å²) >= 11 is 0. The average molecular weight is 276 g/mol. The van der Waals surface area contributed by atoms with Crippen molar-refractivity contribution < 1.29 is 9.53 Å². The fraction of sp³-hybridized carbons (Fsp3) is 0.105. The summed E-state index contributed by atoms with van der Waals surface area (Å²) in [7, 11) is 0. The number of hydrogen-bond acceptors (Lipinski definition) is 2. The average Bonchev–Trinajstić information content (AvgIpc) is 2.51. The van der Waals surface area contributed by atoms with Gasteiger partial charge in [-0.15, -0.1) is 0 Å². The minimum Gasteiger partial charge on any atom is -0.458 e. The second-order valence-corrected chi connectivity index (χ2v) is 5.11. The molecule has 0 aliphatic heterocycles. The number of rotatable bonds is 3. The van der Waals surface area contributed by atoms with Crippen molar-refractivity contribution in [1.29, 1.82) is 0 Å². The Bertz CT molecular complexity index is 847. The smallest absolute Gasteiger partial charge is 0.330 e. The molecule has 0 saturated carbocycles. The van der Waals surface area contributed by atoms with Gasteiger partial charge in [0.1, 0.15) is 6.61 Å². The van der Waals surface area contributed by atoms with Crippen LogP contribution in [0.3, 0.4) is 0 Å². The number of hydrogen-bond donors (Lipinski definition) is 0. The molecule has 0 bridgehead atoms. The number of esters is 1. The molecule has 0 aromatic heterocycles. The number of fused-ring (bicyclic) bond motifs is 2. The molecule has 21 heavy (non-hydrogen) atoms. The van der Waals surface area contributed by atoms with Gasteiger partial charge in [-0.05, 0) is 34.5 Å². The van der Waals surface area contributed by atoms with Crippen LogP contribution in [-0.2, 0) is 16.1 Å². The molecule has 0 heterocycles. The molecule has 2 heteroatoms. The predicted molar refractivity (Wildman–Crippen MR) is 86.2 cm³/mol. The van der Waals surface area contributed by atoms with E-state index in [4.69, 9.17) is 4.74 Å². The quantitative estimate of drug-likeness (QED) is 0.399. The van der Waals surface area contributed by atoms with Gasteiger partial charge in [0.15, 0.2) is 0 Å². The topological polar surface area (TPSA) is 26.3 Å². The van der Waals surface area contributed by atoms with Crippen molar-refractivity contribution in [2.45, 2.75) is 13.5 Å². The van der Waals surface area contributed by atoms with Crippen molar-refractivity contribution in [3.63, 3.8) is 0 Å². The van der Waals surface area contributed by atoms with Gasteiger partial charge < -0.3 is 4.74 Å². The van der Waals surface area contributed by atoms with Crippen LogP contribution in [0.4, 0.5) is 0 Å². The molecule has 2 nitrogen and oxygen atoms in total. The zero-order valence-electron chi connectivity index (χ0n) is 11.9. The molecule has 0 aliphatic rings. The predicted octanol–water partition coefficient (Wildman–Crippen LogP) is 4.53. The Morgan fingerprint density at radius 3 is 2.67 bits per heavy atom. The van der Waals surface area contributed by atoms with E-state index < -0.39 is 5.97 Å². The van der Waals surface area contributed by atoms with Crippen molar-refractivity contribution in [2.75, 3.05) is 0 Å². The third kappa shape index (κ3) is 2.52. The third-order valence-corrected chi connectivity index (χ3v) is 3.66. The van der Waals surface area contributed by atoms with Gasteiger partial charge in [0.05, 0.1) is 0 Å². The van der Waals surface area contributed by atoms with Gasteiger partial charge in [0.25, 0.3) is 0 Å². The SMILES string of the molecule is C=CC(=O)OCc1c2ccccc2cc2ccc(C)cc12. The summed E-state index contributed by atoms with van der Waals surface area (Å²) in [5.74, 6) is -0.399. The van der Waals surface area contributed by atoms with E-state index in [-0.39, 0.29) is 6.61 Å². The number of carbonyl (C=O) groups is 1. The van der Waals surface area contributed by atoms with Crippen molar-refractivity contribution in [2.24, 2.45) is 0 Å². The van der Waals surface area contributed by atoms with Crippen LogP contribution < -0.4 is 0 Å². The van der Waals surface area contributed by atoms with Crippen LogP contribution in [0.2, 0.25) is 0 Å². The molecule has 0 atom stereocenters. The van der Waals surface area contributed by atoms with Crippen LogP contribution in [0, 0.1) is 6.92 Å². The minimum absolute atomic E-state index is 0.256. The number of carbonyl (C=O) groups excluding carboxylic acids is 1. The Hall–Kier alpha value is -2.61. The van der Waals surface area contributed by atoms with Crippen LogP contribution in [0.1, 0.15) is 11.1 Å². The van der Waals surface area contributed by atoms with Crippen LogP contribution in [-0.4, -0.2) is 5.97 Å².